The third-order valence-corrected chi connectivity index (χ3v) is 3.70. The highest BCUT2D eigenvalue weighted by Crippen LogP contribution is 2.31. The number of fused-ring (bicyclic) bond motifs is 1. The zero-order valence-electron chi connectivity index (χ0n) is 10.3. The third-order valence-electron chi connectivity index (χ3n) is 3.40. The molecule has 1 aliphatic heterocycles. The summed E-state index contributed by atoms with van der Waals surface area (Å²) in [5.74, 6) is 1.80. The predicted molar refractivity (Wildman–Crippen MR) is 72.2 cm³/mol. The second kappa shape index (κ2) is 4.65. The van der Waals surface area contributed by atoms with Crippen molar-refractivity contribution in [2.45, 2.75) is 25.8 Å². The van der Waals surface area contributed by atoms with E-state index in [1.165, 1.54) is 18.5 Å². The van der Waals surface area contributed by atoms with Crippen molar-refractivity contribution in [2.24, 2.45) is 0 Å². The molecule has 1 aliphatic rings. The number of rotatable bonds is 2. The van der Waals surface area contributed by atoms with E-state index in [1.807, 2.05) is 24.3 Å². The van der Waals surface area contributed by atoms with Crippen molar-refractivity contribution in [3.05, 3.63) is 35.1 Å². The lowest BCUT2D eigenvalue weighted by Gasteiger charge is -2.16. The van der Waals surface area contributed by atoms with E-state index in [4.69, 9.17) is 16.3 Å². The molecular weight excluding hydrogens is 248 g/mol. The van der Waals surface area contributed by atoms with Crippen molar-refractivity contribution in [1.29, 1.82) is 0 Å². The van der Waals surface area contributed by atoms with Crippen LogP contribution in [0.25, 0.3) is 11.4 Å². The largest absolute Gasteiger partial charge is 0.497 e. The number of hydrogen-bond donors (Lipinski definition) is 0. The number of ether oxygens (including phenoxy) is 1. The average molecular weight is 263 g/mol. The number of halogens is 1. The van der Waals surface area contributed by atoms with Gasteiger partial charge in [0.15, 0.2) is 5.15 Å². The van der Waals surface area contributed by atoms with Gasteiger partial charge in [0.2, 0.25) is 0 Å². The van der Waals surface area contributed by atoms with Gasteiger partial charge >= 0.3 is 0 Å². The molecule has 18 heavy (non-hydrogen) atoms. The summed E-state index contributed by atoms with van der Waals surface area (Å²) in [5, 5.41) is 0.646. The first-order chi connectivity index (χ1) is 8.79. The van der Waals surface area contributed by atoms with Crippen LogP contribution in [-0.2, 0) is 13.0 Å². The first kappa shape index (κ1) is 11.6. The molecule has 0 spiro atoms. The van der Waals surface area contributed by atoms with Crippen molar-refractivity contribution >= 4 is 11.6 Å². The summed E-state index contributed by atoms with van der Waals surface area (Å²) in [6, 6.07) is 7.96. The summed E-state index contributed by atoms with van der Waals surface area (Å²) in [6.07, 6.45) is 3.41. The van der Waals surface area contributed by atoms with Gasteiger partial charge in [0.25, 0.3) is 0 Å². The molecule has 0 N–H and O–H groups in total. The van der Waals surface area contributed by atoms with Crippen LogP contribution in [-0.4, -0.2) is 16.7 Å². The van der Waals surface area contributed by atoms with E-state index in [1.54, 1.807) is 7.11 Å². The first-order valence-corrected chi connectivity index (χ1v) is 6.56. The second-order valence-electron chi connectivity index (χ2n) is 4.51. The maximum absolute atomic E-state index is 6.22. The fourth-order valence-electron chi connectivity index (χ4n) is 2.48. The van der Waals surface area contributed by atoms with Crippen molar-refractivity contribution in [3.8, 4) is 17.1 Å². The van der Waals surface area contributed by atoms with Crippen molar-refractivity contribution < 1.29 is 4.74 Å². The van der Waals surface area contributed by atoms with Crippen molar-refractivity contribution in [1.82, 2.24) is 9.55 Å². The Balaban J connectivity index is 2.11. The molecule has 0 amide bonds. The molecule has 94 valence electrons. The van der Waals surface area contributed by atoms with Gasteiger partial charge in [-0.05, 0) is 31.4 Å². The number of hydrogen-bond acceptors (Lipinski definition) is 2. The van der Waals surface area contributed by atoms with Gasteiger partial charge < -0.3 is 9.30 Å². The average Bonchev–Trinajstić information content (AvgIpc) is 2.77. The number of nitrogens with zero attached hydrogens (tertiary/aromatic N) is 2. The Bertz CT molecular complexity index is 577. The Kier molecular flexibility index (Phi) is 3.00. The van der Waals surface area contributed by atoms with Crippen LogP contribution in [0.2, 0.25) is 5.15 Å². The van der Waals surface area contributed by atoms with Crippen molar-refractivity contribution in [3.63, 3.8) is 0 Å². The summed E-state index contributed by atoms with van der Waals surface area (Å²) < 4.78 is 7.49. The molecule has 1 aromatic heterocycles. The maximum atomic E-state index is 6.22. The standard InChI is InChI=1S/C14H15ClN2O/c1-18-11-6-4-5-10(9-11)14-16-13(15)12-7-2-3-8-17(12)14/h4-6,9H,2-3,7-8H2,1H3. The van der Waals surface area contributed by atoms with E-state index >= 15 is 0 Å². The van der Waals surface area contributed by atoms with Crippen LogP contribution in [0.5, 0.6) is 5.75 Å². The minimum Gasteiger partial charge on any atom is -0.497 e. The van der Waals surface area contributed by atoms with Crippen LogP contribution in [0.15, 0.2) is 24.3 Å². The highest BCUT2D eigenvalue weighted by molar-refractivity contribution is 6.30. The van der Waals surface area contributed by atoms with Gasteiger partial charge in [-0.2, -0.15) is 0 Å². The molecule has 3 rings (SSSR count). The summed E-state index contributed by atoms with van der Waals surface area (Å²) in [4.78, 5) is 4.51. The lowest BCUT2D eigenvalue weighted by atomic mass is 10.1. The summed E-state index contributed by atoms with van der Waals surface area (Å²) in [5.41, 5.74) is 2.23. The number of benzene rings is 1. The van der Waals surface area contributed by atoms with Crippen molar-refractivity contribution in [2.75, 3.05) is 7.11 Å². The minimum atomic E-state index is 0.646. The number of methoxy groups -OCH3 is 1. The fourth-order valence-corrected chi connectivity index (χ4v) is 2.76. The normalized spacial score (nSPS) is 14.3. The second-order valence-corrected chi connectivity index (χ2v) is 4.87. The molecule has 4 heteroatoms. The molecule has 0 bridgehead atoms. The van der Waals surface area contributed by atoms with Crippen LogP contribution in [0, 0.1) is 0 Å². The third kappa shape index (κ3) is 1.89. The van der Waals surface area contributed by atoms with Gasteiger partial charge in [-0.1, -0.05) is 23.7 Å². The Labute approximate surface area is 111 Å². The monoisotopic (exact) mass is 262 g/mol. The van der Waals surface area contributed by atoms with E-state index in [0.29, 0.717) is 5.15 Å². The molecule has 0 saturated carbocycles. The van der Waals surface area contributed by atoms with Crippen LogP contribution in [0.4, 0.5) is 0 Å². The predicted octanol–water partition coefficient (Wildman–Crippen LogP) is 3.55. The lowest BCUT2D eigenvalue weighted by molar-refractivity contribution is 0.415. The lowest BCUT2D eigenvalue weighted by Crippen LogP contribution is -2.11. The van der Waals surface area contributed by atoms with E-state index in [2.05, 4.69) is 9.55 Å². The van der Waals surface area contributed by atoms with Gasteiger partial charge in [0, 0.05) is 12.1 Å². The molecule has 2 aromatic rings. The van der Waals surface area contributed by atoms with E-state index in [0.717, 1.165) is 30.1 Å². The van der Waals surface area contributed by atoms with Gasteiger partial charge in [-0.25, -0.2) is 4.98 Å². The summed E-state index contributed by atoms with van der Waals surface area (Å²) >= 11 is 6.22. The summed E-state index contributed by atoms with van der Waals surface area (Å²) in [6.45, 7) is 1.00. The summed E-state index contributed by atoms with van der Waals surface area (Å²) in [7, 11) is 1.67. The number of imidazole rings is 1. The zero-order valence-corrected chi connectivity index (χ0v) is 11.1. The smallest absolute Gasteiger partial charge is 0.150 e. The molecule has 0 aliphatic carbocycles. The molecule has 0 radical (unpaired) electrons. The molecule has 0 fully saturated rings. The molecule has 1 aromatic carbocycles. The van der Waals surface area contributed by atoms with Crippen LogP contribution < -0.4 is 4.74 Å². The molecule has 0 atom stereocenters. The molecule has 3 nitrogen and oxygen atoms in total. The van der Waals surface area contributed by atoms with E-state index < -0.39 is 0 Å². The van der Waals surface area contributed by atoms with Gasteiger partial charge in [-0.15, -0.1) is 0 Å². The first-order valence-electron chi connectivity index (χ1n) is 6.19. The fraction of sp³-hybridized carbons (Fsp3) is 0.357. The van der Waals surface area contributed by atoms with Gasteiger partial charge in [-0.3, -0.25) is 0 Å². The highest BCUT2D eigenvalue weighted by Gasteiger charge is 2.19. The SMILES string of the molecule is COc1cccc(-c2nc(Cl)c3n2CCCC3)c1. The topological polar surface area (TPSA) is 27.1 Å². The van der Waals surface area contributed by atoms with Gasteiger partial charge in [0.05, 0.1) is 12.8 Å². The van der Waals surface area contributed by atoms with Crippen LogP contribution in [0.3, 0.4) is 0 Å². The highest BCUT2D eigenvalue weighted by atomic mass is 35.5. The molecule has 0 unspecified atom stereocenters. The molecule has 0 saturated heterocycles. The number of aromatic nitrogens is 2. The maximum Gasteiger partial charge on any atom is 0.150 e. The van der Waals surface area contributed by atoms with Crippen LogP contribution in [0.1, 0.15) is 18.5 Å². The van der Waals surface area contributed by atoms with Crippen LogP contribution >= 0.6 is 11.6 Å². The Hall–Kier alpha value is -1.48. The Morgan fingerprint density at radius 2 is 2.22 bits per heavy atom. The Morgan fingerprint density at radius 1 is 1.33 bits per heavy atom. The minimum absolute atomic E-state index is 0.646. The van der Waals surface area contributed by atoms with E-state index in [-0.39, 0.29) is 0 Å². The zero-order chi connectivity index (χ0) is 12.5. The van der Waals surface area contributed by atoms with Gasteiger partial charge in [0.1, 0.15) is 11.6 Å². The quantitative estimate of drug-likeness (QED) is 0.828. The van der Waals surface area contributed by atoms with E-state index in [9.17, 15) is 0 Å². The Morgan fingerprint density at radius 3 is 3.06 bits per heavy atom. The molecular formula is C14H15ClN2O. The molecule has 2 heterocycles.